The Morgan fingerprint density at radius 2 is 2.18 bits per heavy atom. The summed E-state index contributed by atoms with van der Waals surface area (Å²) >= 11 is 0. The van der Waals surface area contributed by atoms with E-state index < -0.39 is 0 Å². The van der Waals surface area contributed by atoms with E-state index in [1.807, 2.05) is 43.0 Å². The van der Waals surface area contributed by atoms with Crippen LogP contribution >= 0.6 is 0 Å². The number of amides is 1. The SMILES string of the molecule is COc1cc(/C=C/C(=O)N2CCCC(C)C2)ccc1OCc1c(C)noc1C. The van der Waals surface area contributed by atoms with Gasteiger partial charge >= 0.3 is 0 Å². The molecule has 1 aliphatic heterocycles. The van der Waals surface area contributed by atoms with Crippen LogP contribution in [0.15, 0.2) is 28.8 Å². The standard InChI is InChI=1S/C22H28N2O4/c1-15-6-5-11-24(13-15)22(25)10-8-18-7-9-20(21(12-18)26-4)27-14-19-16(2)23-28-17(19)3/h7-10,12,15H,5-6,11,13-14H2,1-4H3/b10-8+. The molecule has 2 aromatic rings. The second-order valence-electron chi connectivity index (χ2n) is 7.37. The number of aromatic nitrogens is 1. The third-order valence-electron chi connectivity index (χ3n) is 5.13. The van der Waals surface area contributed by atoms with Gasteiger partial charge in [0.25, 0.3) is 0 Å². The number of carbonyl (C=O) groups is 1. The van der Waals surface area contributed by atoms with E-state index in [4.69, 9.17) is 14.0 Å². The highest BCUT2D eigenvalue weighted by atomic mass is 16.5. The smallest absolute Gasteiger partial charge is 0.246 e. The number of hydrogen-bond donors (Lipinski definition) is 0. The number of piperidine rings is 1. The fraction of sp³-hybridized carbons (Fsp3) is 0.455. The van der Waals surface area contributed by atoms with E-state index in [0.717, 1.165) is 42.1 Å². The first-order valence-corrected chi connectivity index (χ1v) is 9.67. The highest BCUT2D eigenvalue weighted by molar-refractivity contribution is 5.92. The molecule has 3 rings (SSSR count). The molecule has 2 heterocycles. The van der Waals surface area contributed by atoms with Crippen LogP contribution in [0, 0.1) is 19.8 Å². The third kappa shape index (κ3) is 4.74. The van der Waals surface area contributed by atoms with Crippen LogP contribution in [-0.4, -0.2) is 36.2 Å². The Morgan fingerprint density at radius 1 is 1.36 bits per heavy atom. The lowest BCUT2D eigenvalue weighted by Gasteiger charge is -2.30. The molecular weight excluding hydrogens is 356 g/mol. The van der Waals surface area contributed by atoms with Crippen molar-refractivity contribution in [2.24, 2.45) is 5.92 Å². The predicted molar refractivity (Wildman–Crippen MR) is 107 cm³/mol. The number of rotatable bonds is 6. The van der Waals surface area contributed by atoms with Crippen molar-refractivity contribution >= 4 is 12.0 Å². The van der Waals surface area contributed by atoms with Gasteiger partial charge in [-0.3, -0.25) is 4.79 Å². The molecule has 0 bridgehead atoms. The van der Waals surface area contributed by atoms with E-state index in [0.29, 0.717) is 24.0 Å². The molecule has 28 heavy (non-hydrogen) atoms. The van der Waals surface area contributed by atoms with Crippen molar-refractivity contribution in [2.75, 3.05) is 20.2 Å². The molecule has 1 unspecified atom stereocenters. The van der Waals surface area contributed by atoms with Gasteiger partial charge in [0.1, 0.15) is 12.4 Å². The Hall–Kier alpha value is -2.76. The number of likely N-dealkylation sites (tertiary alicyclic amines) is 1. The summed E-state index contributed by atoms with van der Waals surface area (Å²) in [4.78, 5) is 14.3. The number of nitrogens with zero attached hydrogens (tertiary/aromatic N) is 2. The van der Waals surface area contributed by atoms with Gasteiger partial charge in [-0.2, -0.15) is 0 Å². The van der Waals surface area contributed by atoms with E-state index >= 15 is 0 Å². The summed E-state index contributed by atoms with van der Waals surface area (Å²) in [5, 5.41) is 3.94. The minimum absolute atomic E-state index is 0.0595. The van der Waals surface area contributed by atoms with Gasteiger partial charge in [0.15, 0.2) is 11.5 Å². The highest BCUT2D eigenvalue weighted by Gasteiger charge is 2.19. The lowest BCUT2D eigenvalue weighted by Crippen LogP contribution is -2.38. The van der Waals surface area contributed by atoms with E-state index in [1.54, 1.807) is 13.2 Å². The molecule has 0 aliphatic carbocycles. The first kappa shape index (κ1) is 20.0. The fourth-order valence-electron chi connectivity index (χ4n) is 3.43. The molecule has 0 spiro atoms. The van der Waals surface area contributed by atoms with Crippen molar-refractivity contribution in [3.8, 4) is 11.5 Å². The summed E-state index contributed by atoms with van der Waals surface area (Å²) in [5.41, 5.74) is 2.65. The van der Waals surface area contributed by atoms with Gasteiger partial charge in [0.2, 0.25) is 5.91 Å². The van der Waals surface area contributed by atoms with Gasteiger partial charge in [-0.25, -0.2) is 0 Å². The molecule has 1 fully saturated rings. The van der Waals surface area contributed by atoms with Crippen molar-refractivity contribution in [3.63, 3.8) is 0 Å². The predicted octanol–water partition coefficient (Wildman–Crippen LogP) is 4.15. The van der Waals surface area contributed by atoms with Crippen LogP contribution in [0.2, 0.25) is 0 Å². The minimum Gasteiger partial charge on any atom is -0.493 e. The zero-order valence-electron chi connectivity index (χ0n) is 17.0. The molecule has 1 saturated heterocycles. The van der Waals surface area contributed by atoms with Crippen LogP contribution in [0.3, 0.4) is 0 Å². The topological polar surface area (TPSA) is 64.8 Å². The zero-order valence-corrected chi connectivity index (χ0v) is 17.0. The molecule has 0 saturated carbocycles. The van der Waals surface area contributed by atoms with E-state index in [1.165, 1.54) is 6.42 Å². The lowest BCUT2D eigenvalue weighted by molar-refractivity contribution is -0.127. The van der Waals surface area contributed by atoms with Gasteiger partial charge in [0, 0.05) is 19.2 Å². The summed E-state index contributed by atoms with van der Waals surface area (Å²) in [6.45, 7) is 7.98. The minimum atomic E-state index is 0.0595. The Balaban J connectivity index is 1.66. The normalized spacial score (nSPS) is 17.1. The molecule has 1 aromatic heterocycles. The third-order valence-corrected chi connectivity index (χ3v) is 5.13. The first-order valence-electron chi connectivity index (χ1n) is 9.67. The second-order valence-corrected chi connectivity index (χ2v) is 7.37. The van der Waals surface area contributed by atoms with Crippen LogP contribution < -0.4 is 9.47 Å². The number of methoxy groups -OCH3 is 1. The summed E-state index contributed by atoms with van der Waals surface area (Å²) < 4.78 is 16.5. The van der Waals surface area contributed by atoms with Crippen molar-refractivity contribution in [1.29, 1.82) is 0 Å². The molecule has 0 radical (unpaired) electrons. The zero-order chi connectivity index (χ0) is 20.1. The number of aryl methyl sites for hydroxylation is 2. The Labute approximate surface area is 166 Å². The van der Waals surface area contributed by atoms with E-state index in [9.17, 15) is 4.79 Å². The largest absolute Gasteiger partial charge is 0.493 e. The maximum absolute atomic E-state index is 12.4. The highest BCUT2D eigenvalue weighted by Crippen LogP contribution is 2.30. The fourth-order valence-corrected chi connectivity index (χ4v) is 3.43. The quantitative estimate of drug-likeness (QED) is 0.700. The van der Waals surface area contributed by atoms with Crippen LogP contribution in [0.1, 0.15) is 42.3 Å². The molecule has 1 atom stereocenters. The molecule has 0 N–H and O–H groups in total. The first-order chi connectivity index (χ1) is 13.5. The molecule has 150 valence electrons. The van der Waals surface area contributed by atoms with Gasteiger partial charge in [-0.1, -0.05) is 18.1 Å². The van der Waals surface area contributed by atoms with Crippen LogP contribution in [0.4, 0.5) is 0 Å². The van der Waals surface area contributed by atoms with Gasteiger partial charge in [-0.15, -0.1) is 0 Å². The van der Waals surface area contributed by atoms with Crippen molar-refractivity contribution < 1.29 is 18.8 Å². The average molecular weight is 384 g/mol. The summed E-state index contributed by atoms with van der Waals surface area (Å²) in [5.74, 6) is 2.63. The molecule has 6 heteroatoms. The van der Waals surface area contributed by atoms with Crippen LogP contribution in [0.5, 0.6) is 11.5 Å². The van der Waals surface area contributed by atoms with Crippen LogP contribution in [0.25, 0.3) is 6.08 Å². The van der Waals surface area contributed by atoms with E-state index in [-0.39, 0.29) is 5.91 Å². The molecule has 1 amide bonds. The van der Waals surface area contributed by atoms with Crippen molar-refractivity contribution in [2.45, 2.75) is 40.2 Å². The second kappa shape index (κ2) is 8.95. The number of carbonyl (C=O) groups excluding carboxylic acids is 1. The molecular formula is C22H28N2O4. The maximum atomic E-state index is 12.4. The maximum Gasteiger partial charge on any atom is 0.246 e. The van der Waals surface area contributed by atoms with Crippen LogP contribution in [-0.2, 0) is 11.4 Å². The number of benzene rings is 1. The number of ether oxygens (including phenoxy) is 2. The Kier molecular flexibility index (Phi) is 6.39. The van der Waals surface area contributed by atoms with E-state index in [2.05, 4.69) is 12.1 Å². The average Bonchev–Trinajstić information content (AvgIpc) is 3.02. The molecule has 1 aromatic carbocycles. The van der Waals surface area contributed by atoms with Crippen molar-refractivity contribution in [3.05, 3.63) is 46.9 Å². The van der Waals surface area contributed by atoms with Gasteiger partial charge < -0.3 is 18.9 Å². The summed E-state index contributed by atoms with van der Waals surface area (Å²) in [6, 6.07) is 5.63. The molecule has 6 nitrogen and oxygen atoms in total. The summed E-state index contributed by atoms with van der Waals surface area (Å²) in [6.07, 6.45) is 5.73. The Bertz CT molecular complexity index is 837. The van der Waals surface area contributed by atoms with Gasteiger partial charge in [0.05, 0.1) is 18.4 Å². The molecule has 1 aliphatic rings. The number of hydrogen-bond acceptors (Lipinski definition) is 5. The Morgan fingerprint density at radius 3 is 2.86 bits per heavy atom. The van der Waals surface area contributed by atoms with Gasteiger partial charge in [-0.05, 0) is 56.4 Å². The lowest BCUT2D eigenvalue weighted by atomic mass is 10.0. The van der Waals surface area contributed by atoms with Crippen molar-refractivity contribution in [1.82, 2.24) is 10.1 Å². The summed E-state index contributed by atoms with van der Waals surface area (Å²) in [7, 11) is 1.60. The monoisotopic (exact) mass is 384 g/mol.